The largest absolute Gasteiger partial charge is 0.573 e. The highest BCUT2D eigenvalue weighted by Crippen LogP contribution is 2.32. The van der Waals surface area contributed by atoms with Crippen LogP contribution in [0.15, 0.2) is 60.7 Å². The summed E-state index contributed by atoms with van der Waals surface area (Å²) in [5.74, 6) is -0.924. The van der Waals surface area contributed by atoms with Gasteiger partial charge in [-0.1, -0.05) is 30.3 Å². The number of nitrogens with zero attached hydrogens (tertiary/aromatic N) is 1. The molecule has 0 aliphatic rings. The molecule has 0 bridgehead atoms. The van der Waals surface area contributed by atoms with Gasteiger partial charge in [0.15, 0.2) is 0 Å². The Balaban J connectivity index is 2.01. The number of aliphatic hydroxyl groups is 1. The monoisotopic (exact) mass is 429 g/mol. The van der Waals surface area contributed by atoms with E-state index in [1.807, 2.05) is 0 Å². The Bertz CT molecular complexity index is 1030. The standard InChI is InChI=1S/C20H13F6NO3/c21-19(22,23)29-15-5-1-3-12(9-15)17-8-7-14(11-28)18(27-17)13-4-2-6-16(10-13)30-20(24,25)26/h1-10,28H,11H2. The van der Waals surface area contributed by atoms with Gasteiger partial charge >= 0.3 is 12.7 Å². The van der Waals surface area contributed by atoms with E-state index in [1.54, 1.807) is 0 Å². The first kappa shape index (κ1) is 21.4. The maximum atomic E-state index is 12.5. The summed E-state index contributed by atoms with van der Waals surface area (Å²) >= 11 is 0. The molecule has 0 aliphatic heterocycles. The van der Waals surface area contributed by atoms with E-state index in [9.17, 15) is 31.4 Å². The lowest BCUT2D eigenvalue weighted by atomic mass is 10.0. The third-order valence-electron chi connectivity index (χ3n) is 3.85. The number of halogens is 6. The van der Waals surface area contributed by atoms with Crippen LogP contribution >= 0.6 is 0 Å². The lowest BCUT2D eigenvalue weighted by Crippen LogP contribution is -2.17. The normalized spacial score (nSPS) is 12.0. The summed E-state index contributed by atoms with van der Waals surface area (Å²) < 4.78 is 82.6. The summed E-state index contributed by atoms with van der Waals surface area (Å²) in [5, 5.41) is 9.57. The highest BCUT2D eigenvalue weighted by atomic mass is 19.4. The molecule has 0 amide bonds. The molecule has 0 unspecified atom stereocenters. The van der Waals surface area contributed by atoms with Crippen molar-refractivity contribution in [1.29, 1.82) is 0 Å². The first-order valence-corrected chi connectivity index (χ1v) is 8.37. The zero-order valence-corrected chi connectivity index (χ0v) is 15.0. The summed E-state index contributed by atoms with van der Waals surface area (Å²) in [5.41, 5.74) is 1.21. The number of rotatable bonds is 5. The molecule has 4 nitrogen and oxygen atoms in total. The van der Waals surface area contributed by atoms with E-state index in [4.69, 9.17) is 0 Å². The molecular weight excluding hydrogens is 416 g/mol. The van der Waals surface area contributed by atoms with Gasteiger partial charge in [-0.15, -0.1) is 26.3 Å². The minimum Gasteiger partial charge on any atom is -0.406 e. The van der Waals surface area contributed by atoms with Crippen molar-refractivity contribution in [3.63, 3.8) is 0 Å². The van der Waals surface area contributed by atoms with E-state index >= 15 is 0 Å². The minimum atomic E-state index is -4.88. The third kappa shape index (κ3) is 5.63. The molecule has 0 radical (unpaired) electrons. The van der Waals surface area contributed by atoms with Crippen LogP contribution in [0.5, 0.6) is 11.5 Å². The van der Waals surface area contributed by atoms with Crippen molar-refractivity contribution >= 4 is 0 Å². The molecule has 0 atom stereocenters. The first-order valence-electron chi connectivity index (χ1n) is 8.37. The zero-order valence-electron chi connectivity index (χ0n) is 15.0. The zero-order chi connectivity index (χ0) is 21.9. The molecule has 0 saturated heterocycles. The maximum absolute atomic E-state index is 12.5. The van der Waals surface area contributed by atoms with E-state index in [0.29, 0.717) is 5.56 Å². The molecule has 2 aromatic carbocycles. The average molecular weight is 429 g/mol. The van der Waals surface area contributed by atoms with Crippen LogP contribution in [0, 0.1) is 0 Å². The van der Waals surface area contributed by atoms with Gasteiger partial charge in [0, 0.05) is 16.7 Å². The summed E-state index contributed by atoms with van der Waals surface area (Å²) in [6.07, 6.45) is -9.75. The second-order valence-electron chi connectivity index (χ2n) is 6.01. The molecule has 3 rings (SSSR count). The molecule has 0 saturated carbocycles. The van der Waals surface area contributed by atoms with Gasteiger partial charge in [-0.2, -0.15) is 0 Å². The van der Waals surface area contributed by atoms with Gasteiger partial charge in [0.05, 0.1) is 18.0 Å². The molecule has 158 valence electrons. The molecule has 10 heteroatoms. The Morgan fingerprint density at radius 3 is 1.80 bits per heavy atom. The van der Waals surface area contributed by atoms with Crippen molar-refractivity contribution in [3.05, 3.63) is 66.2 Å². The van der Waals surface area contributed by atoms with Crippen LogP contribution in [0.4, 0.5) is 26.3 Å². The van der Waals surface area contributed by atoms with Crippen LogP contribution in [-0.2, 0) is 6.61 Å². The Morgan fingerprint density at radius 2 is 1.27 bits per heavy atom. The van der Waals surface area contributed by atoms with E-state index < -0.39 is 30.8 Å². The first-order chi connectivity index (χ1) is 14.0. The number of aromatic nitrogens is 1. The number of alkyl halides is 6. The van der Waals surface area contributed by atoms with E-state index in [2.05, 4.69) is 14.5 Å². The molecule has 0 aliphatic carbocycles. The van der Waals surface area contributed by atoms with E-state index in [0.717, 1.165) is 24.3 Å². The number of aliphatic hydroxyl groups excluding tert-OH is 1. The van der Waals surface area contributed by atoms with Crippen LogP contribution in [0.3, 0.4) is 0 Å². The maximum Gasteiger partial charge on any atom is 0.573 e. The molecule has 30 heavy (non-hydrogen) atoms. The van der Waals surface area contributed by atoms with Crippen molar-refractivity contribution in [2.75, 3.05) is 0 Å². The Morgan fingerprint density at radius 1 is 0.733 bits per heavy atom. The summed E-state index contributed by atoms with van der Waals surface area (Å²) in [4.78, 5) is 4.33. The Kier molecular flexibility index (Phi) is 5.88. The number of hydrogen-bond donors (Lipinski definition) is 1. The number of ether oxygens (including phenoxy) is 2. The lowest BCUT2D eigenvalue weighted by Gasteiger charge is -2.13. The average Bonchev–Trinajstić information content (AvgIpc) is 2.65. The fraction of sp³-hybridized carbons (Fsp3) is 0.150. The SMILES string of the molecule is OCc1ccc(-c2cccc(OC(F)(F)F)c2)nc1-c1cccc(OC(F)(F)F)c1. The van der Waals surface area contributed by atoms with Crippen LogP contribution in [0.1, 0.15) is 5.56 Å². The van der Waals surface area contributed by atoms with E-state index in [1.165, 1.54) is 36.4 Å². The topological polar surface area (TPSA) is 51.6 Å². The van der Waals surface area contributed by atoms with Crippen molar-refractivity contribution in [2.24, 2.45) is 0 Å². The number of benzene rings is 2. The highest BCUT2D eigenvalue weighted by molar-refractivity contribution is 5.70. The summed E-state index contributed by atoms with van der Waals surface area (Å²) in [6, 6.07) is 13.0. The molecule has 0 spiro atoms. The molecule has 1 N–H and O–H groups in total. The number of pyridine rings is 1. The second-order valence-corrected chi connectivity index (χ2v) is 6.01. The lowest BCUT2D eigenvalue weighted by molar-refractivity contribution is -0.275. The van der Waals surface area contributed by atoms with Gasteiger partial charge in [0.1, 0.15) is 11.5 Å². The molecular formula is C20H13F6NO3. The van der Waals surface area contributed by atoms with Gasteiger partial charge in [-0.25, -0.2) is 4.98 Å². The van der Waals surface area contributed by atoms with Gasteiger partial charge in [0.25, 0.3) is 0 Å². The van der Waals surface area contributed by atoms with Crippen molar-refractivity contribution < 1.29 is 40.9 Å². The smallest absolute Gasteiger partial charge is 0.406 e. The summed E-state index contributed by atoms with van der Waals surface area (Å²) in [7, 11) is 0. The Labute approximate surface area is 166 Å². The van der Waals surface area contributed by atoms with Crippen molar-refractivity contribution in [3.8, 4) is 34.0 Å². The van der Waals surface area contributed by atoms with Crippen molar-refractivity contribution in [1.82, 2.24) is 4.98 Å². The van der Waals surface area contributed by atoms with Gasteiger partial charge in [-0.05, 0) is 30.3 Å². The van der Waals surface area contributed by atoms with Crippen LogP contribution in [-0.4, -0.2) is 22.8 Å². The summed E-state index contributed by atoms with van der Waals surface area (Å²) in [6.45, 7) is -0.454. The molecule has 3 aromatic rings. The molecule has 1 aromatic heterocycles. The Hall–Kier alpha value is -3.27. The van der Waals surface area contributed by atoms with Crippen LogP contribution < -0.4 is 9.47 Å². The van der Waals surface area contributed by atoms with Crippen molar-refractivity contribution in [2.45, 2.75) is 19.3 Å². The van der Waals surface area contributed by atoms with Crippen LogP contribution in [0.2, 0.25) is 0 Å². The van der Waals surface area contributed by atoms with Gasteiger partial charge in [-0.3, -0.25) is 0 Å². The van der Waals surface area contributed by atoms with E-state index in [-0.39, 0.29) is 22.5 Å². The number of hydrogen-bond acceptors (Lipinski definition) is 4. The van der Waals surface area contributed by atoms with Gasteiger partial charge in [0.2, 0.25) is 0 Å². The second kappa shape index (κ2) is 8.23. The highest BCUT2D eigenvalue weighted by Gasteiger charge is 2.32. The quantitative estimate of drug-likeness (QED) is 0.529. The predicted octanol–water partition coefficient (Wildman–Crippen LogP) is 5.71. The molecule has 0 fully saturated rings. The minimum absolute atomic E-state index is 0.157. The van der Waals surface area contributed by atoms with Crippen LogP contribution in [0.25, 0.3) is 22.5 Å². The predicted molar refractivity (Wildman–Crippen MR) is 94.4 cm³/mol. The third-order valence-corrected chi connectivity index (χ3v) is 3.85. The van der Waals surface area contributed by atoms with Gasteiger partial charge < -0.3 is 14.6 Å². The molecule has 1 heterocycles. The fourth-order valence-electron chi connectivity index (χ4n) is 2.72. The fourth-order valence-corrected chi connectivity index (χ4v) is 2.72.